The van der Waals surface area contributed by atoms with E-state index < -0.39 is 0 Å². The summed E-state index contributed by atoms with van der Waals surface area (Å²) < 4.78 is 0. The van der Waals surface area contributed by atoms with Gasteiger partial charge in [0.2, 0.25) is 0 Å². The Morgan fingerprint density at radius 2 is 0.867 bits per heavy atom. The van der Waals surface area contributed by atoms with Crippen molar-refractivity contribution in [3.05, 3.63) is 0 Å². The third-order valence-corrected chi connectivity index (χ3v) is 7.29. The van der Waals surface area contributed by atoms with Gasteiger partial charge in [0.25, 0.3) is 0 Å². The summed E-state index contributed by atoms with van der Waals surface area (Å²) in [6.07, 6.45) is 14.4. The average Bonchev–Trinajstić information content (AvgIpc) is 3.23. The van der Waals surface area contributed by atoms with Crippen molar-refractivity contribution in [2.45, 2.75) is 57.8 Å². The second kappa shape index (κ2) is 2.17. The Morgan fingerprint density at radius 1 is 0.533 bits per heavy atom. The van der Waals surface area contributed by atoms with Crippen LogP contribution in [0.5, 0.6) is 0 Å². The van der Waals surface area contributed by atoms with Gasteiger partial charge in [0.1, 0.15) is 0 Å². The highest BCUT2D eigenvalue weighted by Crippen LogP contribution is 3.00. The fourth-order valence-corrected chi connectivity index (χ4v) is 6.85. The van der Waals surface area contributed by atoms with Gasteiger partial charge in [-0.05, 0) is 66.6 Å². The first-order chi connectivity index (χ1) is 7.41. The zero-order valence-electron chi connectivity index (χ0n) is 9.67. The van der Waals surface area contributed by atoms with Crippen molar-refractivity contribution >= 4 is 0 Å². The molecule has 0 nitrogen and oxygen atoms in total. The summed E-state index contributed by atoms with van der Waals surface area (Å²) in [7, 11) is 0. The van der Waals surface area contributed by atoms with Crippen LogP contribution in [0.3, 0.4) is 0 Å². The second-order valence-electron chi connectivity index (χ2n) is 7.25. The van der Waals surface area contributed by atoms with E-state index in [1.807, 2.05) is 0 Å². The van der Waals surface area contributed by atoms with E-state index in [9.17, 15) is 0 Å². The monoisotopic (exact) mass is 202 g/mol. The summed E-state index contributed by atoms with van der Waals surface area (Å²) in [5, 5.41) is 0. The molecule has 0 aromatic carbocycles. The lowest BCUT2D eigenvalue weighted by Crippen LogP contribution is -1.91. The first kappa shape index (κ1) is 8.14. The van der Waals surface area contributed by atoms with Crippen LogP contribution < -0.4 is 0 Å². The van der Waals surface area contributed by atoms with Crippen molar-refractivity contribution in [1.82, 2.24) is 0 Å². The predicted octanol–water partition coefficient (Wildman–Crippen LogP) is 4.00. The van der Waals surface area contributed by atoms with Crippen molar-refractivity contribution in [2.75, 3.05) is 0 Å². The molecule has 1 unspecified atom stereocenters. The molecule has 0 aromatic rings. The lowest BCUT2D eigenvalue weighted by molar-refractivity contribution is 0.480. The molecule has 15 heavy (non-hydrogen) atoms. The van der Waals surface area contributed by atoms with Gasteiger partial charge in [-0.2, -0.15) is 0 Å². The lowest BCUT2D eigenvalue weighted by Gasteiger charge is -2.04. The van der Waals surface area contributed by atoms with Gasteiger partial charge >= 0.3 is 0 Å². The zero-order valence-corrected chi connectivity index (χ0v) is 9.67. The minimum atomic E-state index is 0.989. The van der Waals surface area contributed by atoms with Crippen LogP contribution in [0.25, 0.3) is 0 Å². The van der Waals surface area contributed by atoms with Crippen LogP contribution in [-0.2, 0) is 0 Å². The van der Waals surface area contributed by atoms with E-state index in [2.05, 4.69) is 0 Å². The van der Waals surface area contributed by atoms with Crippen molar-refractivity contribution in [1.29, 1.82) is 0 Å². The highest BCUT2D eigenvalue weighted by Gasteiger charge is 2.94. The summed E-state index contributed by atoms with van der Waals surface area (Å²) in [5.41, 5.74) is 1.98. The maximum atomic E-state index is 1.70. The Bertz CT molecular complexity index is 273. The molecule has 0 heterocycles. The minimum Gasteiger partial charge on any atom is -0.0530 e. The van der Waals surface area contributed by atoms with Gasteiger partial charge in [-0.25, -0.2) is 0 Å². The van der Waals surface area contributed by atoms with E-state index in [4.69, 9.17) is 0 Å². The van der Waals surface area contributed by atoms with Crippen molar-refractivity contribution in [3.8, 4) is 0 Å². The fourth-order valence-electron chi connectivity index (χ4n) is 6.85. The largest absolute Gasteiger partial charge is 0.0530 e. The Labute approximate surface area is 92.8 Å². The molecule has 5 fully saturated rings. The highest BCUT2D eigenvalue weighted by molar-refractivity contribution is 5.41. The quantitative estimate of drug-likeness (QED) is 0.557. The third kappa shape index (κ3) is 0.666. The molecule has 0 amide bonds. The van der Waals surface area contributed by atoms with Crippen molar-refractivity contribution < 1.29 is 0 Å². The normalized spacial score (nSPS) is 68.8. The Morgan fingerprint density at radius 3 is 1.20 bits per heavy atom. The van der Waals surface area contributed by atoms with Crippen LogP contribution in [0.1, 0.15) is 57.8 Å². The summed E-state index contributed by atoms with van der Waals surface area (Å²) in [4.78, 5) is 0. The van der Waals surface area contributed by atoms with Gasteiger partial charge in [0, 0.05) is 0 Å². The Balaban J connectivity index is 1.47. The van der Waals surface area contributed by atoms with E-state index in [0.29, 0.717) is 0 Å². The van der Waals surface area contributed by atoms with Gasteiger partial charge in [-0.15, -0.1) is 0 Å². The summed E-state index contributed by atoms with van der Waals surface area (Å²) >= 11 is 0. The number of hydrogen-bond donors (Lipinski definition) is 0. The molecular weight excluding hydrogens is 180 g/mol. The van der Waals surface area contributed by atoms with Gasteiger partial charge in [-0.1, -0.05) is 25.7 Å². The average molecular weight is 202 g/mol. The van der Waals surface area contributed by atoms with Gasteiger partial charge in [0.15, 0.2) is 0 Å². The molecule has 5 rings (SSSR count). The van der Waals surface area contributed by atoms with Crippen LogP contribution in [0.15, 0.2) is 0 Å². The maximum absolute atomic E-state index is 1.70. The Hall–Kier alpha value is 0. The molecule has 0 radical (unpaired) electrons. The molecule has 0 aliphatic heterocycles. The molecular formula is C15H22. The molecule has 0 aromatic heterocycles. The van der Waals surface area contributed by atoms with Crippen LogP contribution in [-0.4, -0.2) is 0 Å². The second-order valence-corrected chi connectivity index (χ2v) is 7.25. The minimum absolute atomic E-state index is 0.989. The van der Waals surface area contributed by atoms with Crippen LogP contribution in [0.4, 0.5) is 0 Å². The van der Waals surface area contributed by atoms with Crippen LogP contribution in [0, 0.1) is 34.5 Å². The first-order valence-electron chi connectivity index (χ1n) is 7.41. The van der Waals surface area contributed by atoms with Gasteiger partial charge in [-0.3, -0.25) is 0 Å². The summed E-state index contributed by atoms with van der Waals surface area (Å²) in [6, 6.07) is 0. The molecule has 0 bridgehead atoms. The Kier molecular flexibility index (Phi) is 1.18. The summed E-state index contributed by atoms with van der Waals surface area (Å²) in [5.74, 6) is 4.93. The number of rotatable bonds is 0. The van der Waals surface area contributed by atoms with E-state index >= 15 is 0 Å². The summed E-state index contributed by atoms with van der Waals surface area (Å²) in [6.45, 7) is 0. The third-order valence-electron chi connectivity index (χ3n) is 7.29. The topological polar surface area (TPSA) is 0 Å². The molecule has 82 valence electrons. The van der Waals surface area contributed by atoms with E-state index in [1.165, 1.54) is 23.7 Å². The number of fused-ring (bicyclic) bond motifs is 7. The SMILES string of the molecule is C1CC[C@@H]2[C@@H](C1)C21CC12[C@@H]1CCCC[C@@H]12. The fraction of sp³-hybridized carbons (Fsp3) is 1.00. The smallest absolute Gasteiger partial charge is 0.0167 e. The van der Waals surface area contributed by atoms with E-state index in [-0.39, 0.29) is 0 Å². The lowest BCUT2D eigenvalue weighted by atomic mass is 10.0. The molecule has 5 aliphatic rings. The van der Waals surface area contributed by atoms with Crippen molar-refractivity contribution in [2.24, 2.45) is 34.5 Å². The number of hydrogen-bond acceptors (Lipinski definition) is 0. The molecule has 5 saturated carbocycles. The van der Waals surface area contributed by atoms with E-state index in [1.54, 1.807) is 57.8 Å². The van der Waals surface area contributed by atoms with E-state index in [0.717, 1.165) is 10.8 Å². The van der Waals surface area contributed by atoms with Crippen LogP contribution in [0.2, 0.25) is 0 Å². The highest BCUT2D eigenvalue weighted by atomic mass is 15.0. The molecule has 2 spiro atoms. The standard InChI is InChI=1S/C15H22/c1-2-6-11-10(5-1)14(11)9-15(14)12-7-3-4-8-13(12)15/h10-13H,1-9H2/t10-,11-,12-,13+,15?/m1/s1. The molecule has 5 atom stereocenters. The van der Waals surface area contributed by atoms with Gasteiger partial charge in [0.05, 0.1) is 0 Å². The maximum Gasteiger partial charge on any atom is -0.0167 e. The predicted molar refractivity (Wildman–Crippen MR) is 60.4 cm³/mol. The molecule has 0 heteroatoms. The van der Waals surface area contributed by atoms with Crippen molar-refractivity contribution in [3.63, 3.8) is 0 Å². The zero-order chi connectivity index (χ0) is 9.67. The molecule has 0 saturated heterocycles. The van der Waals surface area contributed by atoms with Crippen LogP contribution >= 0.6 is 0 Å². The molecule has 0 N–H and O–H groups in total. The first-order valence-corrected chi connectivity index (χ1v) is 7.41. The molecule has 5 aliphatic carbocycles. The van der Waals surface area contributed by atoms with Gasteiger partial charge < -0.3 is 0 Å².